The summed E-state index contributed by atoms with van der Waals surface area (Å²) in [7, 11) is 8.18. The summed E-state index contributed by atoms with van der Waals surface area (Å²) in [5.74, 6) is 2.33. The van der Waals surface area contributed by atoms with Gasteiger partial charge in [-0.3, -0.25) is 9.89 Å². The highest BCUT2D eigenvalue weighted by atomic mass is 32.1. The summed E-state index contributed by atoms with van der Waals surface area (Å²) in [5, 5.41) is 9.20. The molecule has 1 aromatic carbocycles. The summed E-state index contributed by atoms with van der Waals surface area (Å²) < 4.78 is 5.86. The Kier molecular flexibility index (Phi) is 9.18. The molecule has 0 amide bonds. The zero-order valence-corrected chi connectivity index (χ0v) is 20.1. The second-order valence-electron chi connectivity index (χ2n) is 8.45. The number of piperidine rings is 1. The zero-order chi connectivity index (χ0) is 22.1. The number of hydrogen-bond donors (Lipinski definition) is 2. The van der Waals surface area contributed by atoms with E-state index in [1.54, 1.807) is 0 Å². The van der Waals surface area contributed by atoms with E-state index in [9.17, 15) is 0 Å². The summed E-state index contributed by atoms with van der Waals surface area (Å²) >= 11 is 1.86. The van der Waals surface area contributed by atoms with Gasteiger partial charge in [0.25, 0.3) is 0 Å². The van der Waals surface area contributed by atoms with Gasteiger partial charge in [-0.15, -0.1) is 11.3 Å². The van der Waals surface area contributed by atoms with Crippen molar-refractivity contribution in [1.29, 1.82) is 0 Å². The highest BCUT2D eigenvalue weighted by molar-refractivity contribution is 7.10. The lowest BCUT2D eigenvalue weighted by Gasteiger charge is -2.39. The Morgan fingerprint density at radius 3 is 2.87 bits per heavy atom. The lowest BCUT2D eigenvalue weighted by molar-refractivity contribution is 0.125. The van der Waals surface area contributed by atoms with Crippen LogP contribution in [0.15, 0.2) is 46.8 Å². The van der Waals surface area contributed by atoms with E-state index in [-0.39, 0.29) is 0 Å². The van der Waals surface area contributed by atoms with Crippen LogP contribution < -0.4 is 15.4 Å². The molecule has 2 unspecified atom stereocenters. The molecule has 0 bridgehead atoms. The van der Waals surface area contributed by atoms with Crippen molar-refractivity contribution in [2.24, 2.45) is 10.9 Å². The zero-order valence-electron chi connectivity index (χ0n) is 19.3. The molecule has 2 heterocycles. The molecule has 1 aliphatic rings. The van der Waals surface area contributed by atoms with Crippen molar-refractivity contribution in [3.8, 4) is 5.75 Å². The number of likely N-dealkylation sites (tertiary alicyclic amines) is 1. The van der Waals surface area contributed by atoms with E-state index in [1.807, 2.05) is 30.5 Å². The number of guanidine groups is 1. The summed E-state index contributed by atoms with van der Waals surface area (Å²) in [4.78, 5) is 10.5. The van der Waals surface area contributed by atoms with Crippen molar-refractivity contribution >= 4 is 17.3 Å². The second kappa shape index (κ2) is 12.1. The highest BCUT2D eigenvalue weighted by Crippen LogP contribution is 2.36. The second-order valence-corrected chi connectivity index (χ2v) is 9.43. The summed E-state index contributed by atoms with van der Waals surface area (Å²) in [6.07, 6.45) is 2.49. The van der Waals surface area contributed by atoms with Gasteiger partial charge < -0.3 is 20.3 Å². The number of hydrogen-bond acceptors (Lipinski definition) is 5. The smallest absolute Gasteiger partial charge is 0.191 e. The molecular weight excluding hydrogens is 406 g/mol. The average molecular weight is 444 g/mol. The molecule has 2 N–H and O–H groups in total. The van der Waals surface area contributed by atoms with E-state index in [0.29, 0.717) is 25.1 Å². The molecule has 3 rings (SSSR count). The van der Waals surface area contributed by atoms with Crippen LogP contribution in [0, 0.1) is 5.92 Å². The van der Waals surface area contributed by atoms with E-state index in [1.165, 1.54) is 29.8 Å². The molecule has 170 valence electrons. The number of ether oxygens (including phenoxy) is 1. The number of thiophene rings is 1. The Balaban J connectivity index is 1.50. The van der Waals surface area contributed by atoms with Crippen LogP contribution in [0.5, 0.6) is 5.75 Å². The maximum absolute atomic E-state index is 5.86. The van der Waals surface area contributed by atoms with E-state index in [0.717, 1.165) is 24.8 Å². The first kappa shape index (κ1) is 23.6. The quantitative estimate of drug-likeness (QED) is 0.459. The molecule has 0 radical (unpaired) electrons. The molecule has 6 nitrogen and oxygen atoms in total. The molecule has 1 fully saturated rings. The van der Waals surface area contributed by atoms with Gasteiger partial charge in [-0.2, -0.15) is 0 Å². The Bertz CT molecular complexity index is 808. The first-order chi connectivity index (χ1) is 15.1. The molecule has 1 aliphatic heterocycles. The topological polar surface area (TPSA) is 52.1 Å². The molecule has 1 aromatic heterocycles. The Morgan fingerprint density at radius 1 is 1.26 bits per heavy atom. The van der Waals surface area contributed by atoms with Crippen LogP contribution in [-0.4, -0.2) is 70.2 Å². The lowest BCUT2D eigenvalue weighted by atomic mass is 9.88. The standard InChI is InChI=1S/C24H37N5OS/c1-25-24(26-17-19-8-5-10-21(16-19)30-14-13-28(2)3)27-18-20-9-6-12-29(4)23(20)22-11-7-15-31-22/h5,7-8,10-11,15-16,20,23H,6,9,12-14,17-18H2,1-4H3,(H2,25,26,27). The average Bonchev–Trinajstić information content (AvgIpc) is 3.28. The predicted molar refractivity (Wildman–Crippen MR) is 131 cm³/mol. The molecule has 0 aliphatic carbocycles. The SMILES string of the molecule is CN=C(NCc1cccc(OCCN(C)C)c1)NCC1CCCN(C)C1c1cccs1. The van der Waals surface area contributed by atoms with Gasteiger partial charge in [0.1, 0.15) is 12.4 Å². The van der Waals surface area contributed by atoms with Crippen LogP contribution >= 0.6 is 11.3 Å². The first-order valence-electron chi connectivity index (χ1n) is 11.1. The maximum atomic E-state index is 5.86. The molecule has 31 heavy (non-hydrogen) atoms. The first-order valence-corrected chi connectivity index (χ1v) is 12.0. The number of aliphatic imine (C=N–C) groups is 1. The monoisotopic (exact) mass is 443 g/mol. The van der Waals surface area contributed by atoms with Crippen LogP contribution in [0.25, 0.3) is 0 Å². The molecule has 1 saturated heterocycles. The van der Waals surface area contributed by atoms with Gasteiger partial charge in [-0.25, -0.2) is 0 Å². The van der Waals surface area contributed by atoms with E-state index in [2.05, 4.69) is 76.2 Å². The Hall–Kier alpha value is -2.09. The number of rotatable bonds is 9. The fourth-order valence-corrected chi connectivity index (χ4v) is 5.09. The van der Waals surface area contributed by atoms with Crippen molar-refractivity contribution < 1.29 is 4.74 Å². The third-order valence-electron chi connectivity index (χ3n) is 5.76. The van der Waals surface area contributed by atoms with Gasteiger partial charge in [0.2, 0.25) is 0 Å². The molecular formula is C24H37N5OS. The third-order valence-corrected chi connectivity index (χ3v) is 6.71. The van der Waals surface area contributed by atoms with Crippen molar-refractivity contribution in [1.82, 2.24) is 20.4 Å². The van der Waals surface area contributed by atoms with Gasteiger partial charge in [-0.1, -0.05) is 18.2 Å². The predicted octanol–water partition coefficient (Wildman–Crippen LogP) is 3.44. The van der Waals surface area contributed by atoms with Gasteiger partial charge >= 0.3 is 0 Å². The molecule has 2 aromatic rings. The van der Waals surface area contributed by atoms with Crippen molar-refractivity contribution in [2.45, 2.75) is 25.4 Å². The van der Waals surface area contributed by atoms with Crippen molar-refractivity contribution in [3.05, 3.63) is 52.2 Å². The summed E-state index contributed by atoms with van der Waals surface area (Å²) in [5.41, 5.74) is 1.18. The Morgan fingerprint density at radius 2 is 2.13 bits per heavy atom. The minimum absolute atomic E-state index is 0.482. The minimum atomic E-state index is 0.482. The number of likely N-dealkylation sites (N-methyl/N-ethyl adjacent to an activating group) is 1. The van der Waals surface area contributed by atoms with E-state index in [4.69, 9.17) is 4.74 Å². The largest absolute Gasteiger partial charge is 0.492 e. The highest BCUT2D eigenvalue weighted by Gasteiger charge is 2.31. The third kappa shape index (κ3) is 7.23. The minimum Gasteiger partial charge on any atom is -0.492 e. The number of nitrogens with zero attached hydrogens (tertiary/aromatic N) is 3. The fraction of sp³-hybridized carbons (Fsp3) is 0.542. The van der Waals surface area contributed by atoms with Gasteiger partial charge in [-0.05, 0) is 75.6 Å². The van der Waals surface area contributed by atoms with Crippen LogP contribution in [0.4, 0.5) is 0 Å². The van der Waals surface area contributed by atoms with Crippen molar-refractivity contribution in [3.63, 3.8) is 0 Å². The van der Waals surface area contributed by atoms with Crippen LogP contribution in [-0.2, 0) is 6.54 Å². The van der Waals surface area contributed by atoms with Gasteiger partial charge in [0.05, 0.1) is 0 Å². The molecule has 0 spiro atoms. The van der Waals surface area contributed by atoms with Gasteiger partial charge in [0.15, 0.2) is 5.96 Å². The molecule has 7 heteroatoms. The number of benzene rings is 1. The Labute approximate surface area is 191 Å². The van der Waals surface area contributed by atoms with Gasteiger partial charge in [0, 0.05) is 37.6 Å². The van der Waals surface area contributed by atoms with Crippen LogP contribution in [0.3, 0.4) is 0 Å². The van der Waals surface area contributed by atoms with Crippen molar-refractivity contribution in [2.75, 3.05) is 54.4 Å². The normalized spacial score (nSPS) is 20.1. The summed E-state index contributed by atoms with van der Waals surface area (Å²) in [6.45, 7) is 4.39. The van der Waals surface area contributed by atoms with E-state index >= 15 is 0 Å². The maximum Gasteiger partial charge on any atom is 0.191 e. The van der Waals surface area contributed by atoms with Crippen LogP contribution in [0.2, 0.25) is 0 Å². The molecule has 2 atom stereocenters. The molecule has 0 saturated carbocycles. The van der Waals surface area contributed by atoms with Crippen LogP contribution in [0.1, 0.15) is 29.3 Å². The fourth-order valence-electron chi connectivity index (χ4n) is 4.11. The van der Waals surface area contributed by atoms with E-state index < -0.39 is 0 Å². The number of nitrogens with one attached hydrogen (secondary N) is 2. The summed E-state index contributed by atoms with van der Waals surface area (Å²) in [6, 6.07) is 13.2. The lowest BCUT2D eigenvalue weighted by Crippen LogP contribution is -2.44.